The molecular formula is C21H17N3O6. The molecule has 2 heterocycles. The van der Waals surface area contributed by atoms with E-state index in [1.54, 1.807) is 36.4 Å². The number of fused-ring (bicyclic) bond motifs is 1. The number of carbonyl (C=O) groups is 3. The van der Waals surface area contributed by atoms with Crippen molar-refractivity contribution in [3.05, 3.63) is 75.6 Å². The van der Waals surface area contributed by atoms with Gasteiger partial charge in [0.2, 0.25) is 0 Å². The third kappa shape index (κ3) is 3.10. The lowest BCUT2D eigenvalue weighted by molar-refractivity contribution is -1.05. The lowest BCUT2D eigenvalue weighted by Gasteiger charge is -2.14. The number of imide groups is 1. The van der Waals surface area contributed by atoms with Gasteiger partial charge in [-0.25, -0.2) is 0 Å². The highest BCUT2D eigenvalue weighted by molar-refractivity contribution is 6.67. The summed E-state index contributed by atoms with van der Waals surface area (Å²) in [5, 5.41) is 23.4. The van der Waals surface area contributed by atoms with E-state index in [0.29, 0.717) is 28.9 Å². The number of nitrogens with zero attached hydrogens (tertiary/aromatic N) is 3. The van der Waals surface area contributed by atoms with Crippen molar-refractivity contribution < 1.29 is 28.8 Å². The second-order valence-corrected chi connectivity index (χ2v) is 6.84. The molecule has 9 nitrogen and oxygen atoms in total. The maximum atomic E-state index is 12.3. The van der Waals surface area contributed by atoms with Crippen molar-refractivity contribution in [1.29, 1.82) is 0 Å². The second-order valence-electron chi connectivity index (χ2n) is 6.84. The van der Waals surface area contributed by atoms with Crippen LogP contribution in [0.4, 0.5) is 0 Å². The molecule has 0 saturated heterocycles. The van der Waals surface area contributed by atoms with Crippen molar-refractivity contribution in [3.63, 3.8) is 0 Å². The van der Waals surface area contributed by atoms with Gasteiger partial charge >= 0.3 is 17.2 Å². The summed E-state index contributed by atoms with van der Waals surface area (Å²) in [5.41, 5.74) is 0.711. The van der Waals surface area contributed by atoms with Crippen LogP contribution in [0.15, 0.2) is 48.5 Å². The van der Waals surface area contributed by atoms with Crippen LogP contribution in [-0.4, -0.2) is 56.8 Å². The van der Waals surface area contributed by atoms with Gasteiger partial charge in [0.15, 0.2) is 0 Å². The van der Waals surface area contributed by atoms with Gasteiger partial charge in [-0.2, -0.15) is 0 Å². The van der Waals surface area contributed by atoms with Gasteiger partial charge in [-0.3, -0.25) is 19.3 Å². The minimum absolute atomic E-state index is 0.0152. The molecule has 2 aromatic rings. The van der Waals surface area contributed by atoms with Gasteiger partial charge in [0, 0.05) is 13.5 Å². The number of ketones is 1. The van der Waals surface area contributed by atoms with Crippen molar-refractivity contribution >= 4 is 29.0 Å². The second kappa shape index (κ2) is 7.43. The van der Waals surface area contributed by atoms with Gasteiger partial charge in [-0.05, 0) is 42.8 Å². The molecule has 0 aromatic heterocycles. The zero-order valence-electron chi connectivity index (χ0n) is 16.0. The normalized spacial score (nSPS) is 16.0. The van der Waals surface area contributed by atoms with E-state index in [9.17, 15) is 24.8 Å². The van der Waals surface area contributed by atoms with E-state index in [4.69, 9.17) is 4.74 Å². The Hall–Kier alpha value is -4.01. The maximum Gasteiger partial charge on any atom is 0.348 e. The van der Waals surface area contributed by atoms with E-state index in [2.05, 4.69) is 0 Å². The summed E-state index contributed by atoms with van der Waals surface area (Å²) < 4.78 is 5.61. The first-order valence-electron chi connectivity index (χ1n) is 9.28. The summed E-state index contributed by atoms with van der Waals surface area (Å²) in [6.07, 6.45) is 0.441. The average molecular weight is 407 g/mol. The summed E-state index contributed by atoms with van der Waals surface area (Å²) >= 11 is 0. The number of Topliss-reactive ketones (excluding diaryl/α,β-unsaturated/α-hetero) is 1. The van der Waals surface area contributed by atoms with Crippen LogP contribution in [0.25, 0.3) is 0 Å². The summed E-state index contributed by atoms with van der Waals surface area (Å²) in [4.78, 5) is 37.9. The van der Waals surface area contributed by atoms with Gasteiger partial charge in [-0.15, -0.1) is 0 Å². The SMILES string of the molecule is CC1=[N+]([O-])[N+]([O-])=C(c2ccc(OCCCN3C(=O)c4ccccc4C3=O)cc2)C1=O. The highest BCUT2D eigenvalue weighted by Gasteiger charge is 2.42. The van der Waals surface area contributed by atoms with Crippen LogP contribution in [0.2, 0.25) is 0 Å². The highest BCUT2D eigenvalue weighted by Crippen LogP contribution is 2.22. The van der Waals surface area contributed by atoms with Crippen molar-refractivity contribution in [2.45, 2.75) is 13.3 Å². The van der Waals surface area contributed by atoms with E-state index in [1.165, 1.54) is 24.0 Å². The van der Waals surface area contributed by atoms with Gasteiger partial charge < -0.3 is 15.2 Å². The molecule has 2 aromatic carbocycles. The predicted octanol–water partition coefficient (Wildman–Crippen LogP) is 1.52. The fourth-order valence-corrected chi connectivity index (χ4v) is 3.38. The molecule has 0 saturated carbocycles. The van der Waals surface area contributed by atoms with Crippen LogP contribution in [-0.2, 0) is 4.79 Å². The molecule has 0 aliphatic carbocycles. The summed E-state index contributed by atoms with van der Waals surface area (Å²) in [6, 6.07) is 12.9. The van der Waals surface area contributed by atoms with E-state index >= 15 is 0 Å². The maximum absolute atomic E-state index is 12.3. The Balaban J connectivity index is 1.33. The smallest absolute Gasteiger partial charge is 0.348 e. The van der Waals surface area contributed by atoms with Crippen molar-refractivity contribution in [3.8, 4) is 5.75 Å². The number of hydrogen-bond donors (Lipinski definition) is 0. The highest BCUT2D eigenvalue weighted by atomic mass is 16.7. The van der Waals surface area contributed by atoms with Gasteiger partial charge in [0.1, 0.15) is 5.75 Å². The van der Waals surface area contributed by atoms with E-state index in [0.717, 1.165) is 0 Å². The van der Waals surface area contributed by atoms with Gasteiger partial charge in [-0.1, -0.05) is 12.1 Å². The number of hydrogen-bond acceptors (Lipinski definition) is 6. The molecule has 2 aliphatic rings. The first kappa shape index (κ1) is 19.3. The third-order valence-electron chi connectivity index (χ3n) is 4.99. The summed E-state index contributed by atoms with van der Waals surface area (Å²) in [5.74, 6) is -0.737. The van der Waals surface area contributed by atoms with Crippen LogP contribution in [0, 0.1) is 10.4 Å². The molecule has 2 aliphatic heterocycles. The molecule has 4 rings (SSSR count). The largest absolute Gasteiger partial charge is 0.561 e. The molecule has 2 amide bonds. The van der Waals surface area contributed by atoms with Crippen molar-refractivity contribution in [2.75, 3.05) is 13.2 Å². The molecule has 0 bridgehead atoms. The first-order chi connectivity index (χ1) is 14.4. The minimum atomic E-state index is -0.616. The standard InChI is InChI=1S/C21H17N3O6/c1-13-19(25)18(24(29)23(13)28)14-7-9-15(10-8-14)30-12-4-11-22-20(26)16-5-2-3-6-17(16)21(22)27/h2-3,5-10H,4,11-12H2,1H3. The van der Waals surface area contributed by atoms with Gasteiger partial charge in [0.05, 0.1) is 33.0 Å². The average Bonchev–Trinajstić information content (AvgIpc) is 3.11. The minimum Gasteiger partial charge on any atom is -0.561 e. The molecule has 0 spiro atoms. The van der Waals surface area contributed by atoms with E-state index < -0.39 is 5.78 Å². The number of rotatable bonds is 6. The molecule has 0 unspecified atom stereocenters. The topological polar surface area (TPSA) is 116 Å². The number of ether oxygens (including phenoxy) is 1. The fraction of sp³-hybridized carbons (Fsp3) is 0.190. The van der Waals surface area contributed by atoms with Gasteiger partial charge in [0.25, 0.3) is 11.8 Å². The molecule has 0 radical (unpaired) electrons. The van der Waals surface area contributed by atoms with Crippen molar-refractivity contribution in [1.82, 2.24) is 4.90 Å². The zero-order chi connectivity index (χ0) is 21.4. The number of hydrazine groups is 1. The quantitative estimate of drug-likeness (QED) is 0.310. The number of hydrazone groups is 2. The molecule has 152 valence electrons. The summed E-state index contributed by atoms with van der Waals surface area (Å²) in [6.45, 7) is 1.78. The zero-order valence-corrected chi connectivity index (χ0v) is 16.0. The van der Waals surface area contributed by atoms with Crippen LogP contribution < -0.4 is 4.74 Å². The fourth-order valence-electron chi connectivity index (χ4n) is 3.38. The Bertz CT molecular complexity index is 1100. The predicted molar refractivity (Wildman–Crippen MR) is 105 cm³/mol. The van der Waals surface area contributed by atoms with Crippen LogP contribution >= 0.6 is 0 Å². The van der Waals surface area contributed by atoms with Crippen molar-refractivity contribution in [2.24, 2.45) is 0 Å². The van der Waals surface area contributed by atoms with Crippen LogP contribution in [0.5, 0.6) is 5.75 Å². The number of benzene rings is 2. The summed E-state index contributed by atoms with van der Waals surface area (Å²) in [7, 11) is 0. The van der Waals surface area contributed by atoms with Crippen LogP contribution in [0.3, 0.4) is 0 Å². The Kier molecular flexibility index (Phi) is 4.78. The Labute approximate surface area is 171 Å². The molecule has 9 heteroatoms. The Morgan fingerprint density at radius 1 is 0.900 bits per heavy atom. The first-order valence-corrected chi connectivity index (χ1v) is 9.28. The molecule has 30 heavy (non-hydrogen) atoms. The Morgan fingerprint density at radius 3 is 2.03 bits per heavy atom. The number of amides is 2. The third-order valence-corrected chi connectivity index (χ3v) is 4.99. The lowest BCUT2D eigenvalue weighted by atomic mass is 10.0. The Morgan fingerprint density at radius 2 is 1.50 bits per heavy atom. The molecule has 0 fully saturated rings. The monoisotopic (exact) mass is 407 g/mol. The lowest BCUT2D eigenvalue weighted by Crippen LogP contribution is -2.31. The number of carbonyl (C=O) groups excluding carboxylic acids is 3. The van der Waals surface area contributed by atoms with Crippen LogP contribution in [0.1, 0.15) is 39.6 Å². The molecular weight excluding hydrogens is 390 g/mol. The molecule has 0 atom stereocenters. The molecule has 0 N–H and O–H groups in total. The van der Waals surface area contributed by atoms with E-state index in [1.807, 2.05) is 0 Å². The van der Waals surface area contributed by atoms with E-state index in [-0.39, 0.29) is 46.1 Å².